The van der Waals surface area contributed by atoms with Crippen LogP contribution in [0.1, 0.15) is 18.4 Å². The maximum Gasteiger partial charge on any atom is 0.241 e. The van der Waals surface area contributed by atoms with Crippen molar-refractivity contribution >= 4 is 45.0 Å². The second-order valence-corrected chi connectivity index (χ2v) is 9.29. The molecule has 0 aliphatic heterocycles. The monoisotopic (exact) mass is 476 g/mol. The molecule has 0 spiro atoms. The summed E-state index contributed by atoms with van der Waals surface area (Å²) in [5, 5.41) is 18.6. The van der Waals surface area contributed by atoms with Gasteiger partial charge in [-0.2, -0.15) is 10.1 Å². The quantitative estimate of drug-likeness (QED) is 0.362. The predicted molar refractivity (Wildman–Crippen MR) is 119 cm³/mol. The molecule has 1 aromatic carbocycles. The van der Waals surface area contributed by atoms with Crippen molar-refractivity contribution in [2.24, 2.45) is 5.14 Å². The lowest BCUT2D eigenvalue weighted by atomic mass is 10.2. The summed E-state index contributed by atoms with van der Waals surface area (Å²) in [6.07, 6.45) is 6.77. The Hall–Kier alpha value is -3.22. The number of anilines is 3. The molecule has 0 bridgehead atoms. The normalized spacial score (nSPS) is 13.6. The summed E-state index contributed by atoms with van der Waals surface area (Å²) in [6, 6.07) is 6.46. The molecule has 1 amide bonds. The average Bonchev–Trinajstić information content (AvgIpc) is 3.45. The van der Waals surface area contributed by atoms with Crippen molar-refractivity contribution in [1.29, 1.82) is 0 Å². The fraction of sp³-hybridized carbons (Fsp3) is 0.263. The Morgan fingerprint density at radius 1 is 1.22 bits per heavy atom. The number of primary sulfonamides is 1. The number of hydrogen-bond acceptors (Lipinski definition) is 8. The summed E-state index contributed by atoms with van der Waals surface area (Å²) >= 11 is 6.19. The zero-order valence-corrected chi connectivity index (χ0v) is 18.4. The number of nitrogens with one attached hydrogen (secondary N) is 3. The SMILES string of the molecule is NS(=O)(=O)c1ccc(CNc2nc(Nc3cnn(CC(=O)NC4CC4)c3)ncc2Cl)cc1. The molecule has 1 saturated carbocycles. The molecule has 0 atom stereocenters. The van der Waals surface area contributed by atoms with E-state index in [2.05, 4.69) is 31.0 Å². The van der Waals surface area contributed by atoms with Gasteiger partial charge < -0.3 is 16.0 Å². The average molecular weight is 477 g/mol. The minimum atomic E-state index is -3.74. The van der Waals surface area contributed by atoms with Gasteiger partial charge in [0.25, 0.3) is 0 Å². The number of nitrogens with zero attached hydrogens (tertiary/aromatic N) is 4. The topological polar surface area (TPSA) is 157 Å². The highest BCUT2D eigenvalue weighted by Crippen LogP contribution is 2.22. The first-order valence-electron chi connectivity index (χ1n) is 9.73. The molecule has 13 heteroatoms. The number of benzene rings is 1. The summed E-state index contributed by atoms with van der Waals surface area (Å²) in [4.78, 5) is 20.4. The van der Waals surface area contributed by atoms with E-state index in [9.17, 15) is 13.2 Å². The lowest BCUT2D eigenvalue weighted by Crippen LogP contribution is -2.29. The maximum atomic E-state index is 11.9. The molecule has 5 N–H and O–H groups in total. The van der Waals surface area contributed by atoms with Crippen molar-refractivity contribution in [3.8, 4) is 0 Å². The van der Waals surface area contributed by atoms with Gasteiger partial charge in [0.2, 0.25) is 21.9 Å². The van der Waals surface area contributed by atoms with Crippen LogP contribution in [0.4, 0.5) is 17.5 Å². The molecule has 1 aliphatic carbocycles. The molecule has 11 nitrogen and oxygen atoms in total. The molecule has 32 heavy (non-hydrogen) atoms. The third kappa shape index (κ3) is 5.93. The zero-order chi connectivity index (χ0) is 22.7. The van der Waals surface area contributed by atoms with Crippen LogP contribution >= 0.6 is 11.6 Å². The van der Waals surface area contributed by atoms with Crippen molar-refractivity contribution in [3.05, 3.63) is 53.4 Å². The van der Waals surface area contributed by atoms with Crippen LogP contribution in [-0.2, 0) is 27.9 Å². The van der Waals surface area contributed by atoms with Crippen molar-refractivity contribution in [2.75, 3.05) is 10.6 Å². The highest BCUT2D eigenvalue weighted by molar-refractivity contribution is 7.89. The van der Waals surface area contributed by atoms with Crippen LogP contribution in [0.2, 0.25) is 5.02 Å². The summed E-state index contributed by atoms with van der Waals surface area (Å²) in [5.74, 6) is 0.618. The maximum absolute atomic E-state index is 11.9. The lowest BCUT2D eigenvalue weighted by Gasteiger charge is -2.10. The fourth-order valence-electron chi connectivity index (χ4n) is 2.83. The summed E-state index contributed by atoms with van der Waals surface area (Å²) in [5.41, 5.74) is 1.43. The number of sulfonamides is 1. The summed E-state index contributed by atoms with van der Waals surface area (Å²) < 4.78 is 24.2. The van der Waals surface area contributed by atoms with Gasteiger partial charge in [0.1, 0.15) is 11.6 Å². The van der Waals surface area contributed by atoms with Gasteiger partial charge in [0.05, 0.1) is 23.0 Å². The number of carbonyl (C=O) groups excluding carboxylic acids is 1. The van der Waals surface area contributed by atoms with E-state index < -0.39 is 10.0 Å². The number of nitrogens with two attached hydrogens (primary N) is 1. The summed E-state index contributed by atoms with van der Waals surface area (Å²) in [7, 11) is -3.74. The number of carbonyl (C=O) groups is 1. The third-order valence-corrected chi connectivity index (χ3v) is 5.80. The van der Waals surface area contributed by atoms with Crippen LogP contribution in [0.25, 0.3) is 0 Å². The van der Waals surface area contributed by atoms with Gasteiger partial charge in [-0.05, 0) is 30.5 Å². The van der Waals surface area contributed by atoms with Crippen LogP contribution < -0.4 is 21.1 Å². The first kappa shape index (κ1) is 22.0. The Morgan fingerprint density at radius 2 is 1.97 bits per heavy atom. The van der Waals surface area contributed by atoms with Crippen LogP contribution in [0.15, 0.2) is 47.8 Å². The molecular formula is C19H21ClN8O3S. The molecule has 3 aromatic rings. The summed E-state index contributed by atoms with van der Waals surface area (Å²) in [6.45, 7) is 0.492. The molecule has 1 fully saturated rings. The molecule has 4 rings (SSSR count). The van der Waals surface area contributed by atoms with E-state index in [1.165, 1.54) is 23.0 Å². The number of halogens is 1. The van der Waals surface area contributed by atoms with E-state index in [-0.39, 0.29) is 17.3 Å². The predicted octanol–water partition coefficient (Wildman–Crippen LogP) is 1.61. The molecule has 0 saturated heterocycles. The van der Waals surface area contributed by atoms with Gasteiger partial charge in [-0.15, -0.1) is 0 Å². The van der Waals surface area contributed by atoms with Crippen LogP contribution in [0.3, 0.4) is 0 Å². The van der Waals surface area contributed by atoms with Crippen molar-refractivity contribution in [1.82, 2.24) is 25.1 Å². The Labute approximate surface area is 189 Å². The minimum Gasteiger partial charge on any atom is -0.365 e. The van der Waals surface area contributed by atoms with Gasteiger partial charge in [-0.25, -0.2) is 18.5 Å². The van der Waals surface area contributed by atoms with E-state index in [4.69, 9.17) is 16.7 Å². The lowest BCUT2D eigenvalue weighted by molar-refractivity contribution is -0.122. The van der Waals surface area contributed by atoms with Gasteiger partial charge in [-0.3, -0.25) is 9.48 Å². The number of rotatable bonds is 9. The Bertz CT molecular complexity index is 1230. The van der Waals surface area contributed by atoms with E-state index in [1.807, 2.05) is 0 Å². The van der Waals surface area contributed by atoms with E-state index >= 15 is 0 Å². The molecule has 0 unspecified atom stereocenters. The standard InChI is InChI=1S/C19H21ClN8O3S/c20-16-9-23-19(26-14-8-24-28(10-14)11-17(29)25-13-3-4-13)27-18(16)22-7-12-1-5-15(6-2-12)32(21,30)31/h1-2,5-6,8-10,13H,3-4,7,11H2,(H,25,29)(H2,21,30,31)(H2,22,23,26,27). The van der Waals surface area contributed by atoms with Crippen molar-refractivity contribution in [2.45, 2.75) is 36.9 Å². The number of hydrogen-bond donors (Lipinski definition) is 4. The van der Waals surface area contributed by atoms with E-state index in [1.54, 1.807) is 24.5 Å². The van der Waals surface area contributed by atoms with Crippen LogP contribution in [-0.4, -0.2) is 40.1 Å². The molecule has 2 heterocycles. The molecule has 0 radical (unpaired) electrons. The minimum absolute atomic E-state index is 0.0402. The van der Waals surface area contributed by atoms with Crippen LogP contribution in [0.5, 0.6) is 0 Å². The van der Waals surface area contributed by atoms with Gasteiger partial charge in [-0.1, -0.05) is 23.7 Å². The number of amides is 1. The van der Waals surface area contributed by atoms with E-state index in [0.717, 1.165) is 18.4 Å². The van der Waals surface area contributed by atoms with Gasteiger partial charge >= 0.3 is 0 Å². The van der Waals surface area contributed by atoms with Crippen molar-refractivity contribution < 1.29 is 13.2 Å². The molecule has 168 valence electrons. The molecule has 2 aromatic heterocycles. The molecule has 1 aliphatic rings. The largest absolute Gasteiger partial charge is 0.365 e. The van der Waals surface area contributed by atoms with Gasteiger partial charge in [0, 0.05) is 18.8 Å². The number of aromatic nitrogens is 4. The zero-order valence-electron chi connectivity index (χ0n) is 16.8. The van der Waals surface area contributed by atoms with Crippen molar-refractivity contribution in [3.63, 3.8) is 0 Å². The van der Waals surface area contributed by atoms with Gasteiger partial charge in [0.15, 0.2) is 5.82 Å². The highest BCUT2D eigenvalue weighted by Gasteiger charge is 2.23. The smallest absolute Gasteiger partial charge is 0.241 e. The first-order valence-corrected chi connectivity index (χ1v) is 11.7. The van der Waals surface area contributed by atoms with E-state index in [0.29, 0.717) is 35.1 Å². The fourth-order valence-corrected chi connectivity index (χ4v) is 3.50. The molecular weight excluding hydrogens is 456 g/mol. The third-order valence-electron chi connectivity index (χ3n) is 4.59. The Morgan fingerprint density at radius 3 is 2.66 bits per heavy atom. The Balaban J connectivity index is 1.36. The Kier molecular flexibility index (Phi) is 6.26. The second-order valence-electron chi connectivity index (χ2n) is 7.33. The second kappa shape index (κ2) is 9.10. The first-order chi connectivity index (χ1) is 15.3. The van der Waals surface area contributed by atoms with Crippen LogP contribution in [0, 0.1) is 0 Å². The highest BCUT2D eigenvalue weighted by atomic mass is 35.5.